The second-order valence-corrected chi connectivity index (χ2v) is 5.94. The Morgan fingerprint density at radius 3 is 2.62 bits per heavy atom. The first-order chi connectivity index (χ1) is 7.71. The summed E-state index contributed by atoms with van der Waals surface area (Å²) in [6.45, 7) is 3.20. The SMILES string of the molecule is CC1(C(O)CCC2CCCO2)CCCCC1. The van der Waals surface area contributed by atoms with Gasteiger partial charge in [-0.3, -0.25) is 0 Å². The summed E-state index contributed by atoms with van der Waals surface area (Å²) < 4.78 is 5.61. The summed E-state index contributed by atoms with van der Waals surface area (Å²) in [4.78, 5) is 0. The van der Waals surface area contributed by atoms with Gasteiger partial charge in [0.15, 0.2) is 0 Å². The third-order valence-electron chi connectivity index (χ3n) is 4.59. The van der Waals surface area contributed by atoms with Crippen molar-refractivity contribution in [2.24, 2.45) is 5.41 Å². The Balaban J connectivity index is 1.74. The van der Waals surface area contributed by atoms with Gasteiger partial charge in [0, 0.05) is 6.61 Å². The van der Waals surface area contributed by atoms with E-state index in [1.165, 1.54) is 44.9 Å². The average Bonchev–Trinajstić information content (AvgIpc) is 2.79. The highest BCUT2D eigenvalue weighted by Crippen LogP contribution is 2.40. The fraction of sp³-hybridized carbons (Fsp3) is 1.00. The van der Waals surface area contributed by atoms with Gasteiger partial charge in [0.05, 0.1) is 12.2 Å². The van der Waals surface area contributed by atoms with Crippen LogP contribution in [0.1, 0.15) is 64.7 Å². The zero-order chi connectivity index (χ0) is 11.4. The molecule has 0 aromatic carbocycles. The van der Waals surface area contributed by atoms with E-state index in [9.17, 15) is 5.11 Å². The summed E-state index contributed by atoms with van der Waals surface area (Å²) in [5, 5.41) is 10.3. The van der Waals surface area contributed by atoms with Crippen LogP contribution in [-0.4, -0.2) is 23.9 Å². The molecule has 2 aliphatic rings. The fourth-order valence-electron chi connectivity index (χ4n) is 3.26. The number of ether oxygens (including phenoxy) is 1. The molecule has 1 heterocycles. The summed E-state index contributed by atoms with van der Waals surface area (Å²) in [6, 6.07) is 0. The van der Waals surface area contributed by atoms with Crippen LogP contribution in [-0.2, 0) is 4.74 Å². The first-order valence-corrected chi connectivity index (χ1v) is 7.00. The van der Waals surface area contributed by atoms with Crippen molar-refractivity contribution in [2.75, 3.05) is 6.61 Å². The summed E-state index contributed by atoms with van der Waals surface area (Å²) in [5.74, 6) is 0. The number of aliphatic hydroxyl groups excluding tert-OH is 1. The van der Waals surface area contributed by atoms with Crippen molar-refractivity contribution in [1.29, 1.82) is 0 Å². The highest BCUT2D eigenvalue weighted by Gasteiger charge is 2.34. The van der Waals surface area contributed by atoms with E-state index in [1.807, 2.05) is 0 Å². The largest absolute Gasteiger partial charge is 0.393 e. The zero-order valence-electron chi connectivity index (χ0n) is 10.6. The van der Waals surface area contributed by atoms with Crippen molar-refractivity contribution in [3.05, 3.63) is 0 Å². The minimum atomic E-state index is -0.114. The third kappa shape index (κ3) is 2.98. The maximum absolute atomic E-state index is 10.3. The van der Waals surface area contributed by atoms with Crippen molar-refractivity contribution >= 4 is 0 Å². The van der Waals surface area contributed by atoms with E-state index in [2.05, 4.69) is 6.92 Å². The van der Waals surface area contributed by atoms with Crippen molar-refractivity contribution in [2.45, 2.75) is 76.9 Å². The van der Waals surface area contributed by atoms with Crippen molar-refractivity contribution < 1.29 is 9.84 Å². The molecular formula is C14H26O2. The number of rotatable bonds is 4. The van der Waals surface area contributed by atoms with Gasteiger partial charge in [-0.25, -0.2) is 0 Å². The minimum Gasteiger partial charge on any atom is -0.393 e. The molecule has 0 aromatic heterocycles. The Morgan fingerprint density at radius 2 is 2.00 bits per heavy atom. The molecule has 0 spiro atoms. The van der Waals surface area contributed by atoms with Gasteiger partial charge < -0.3 is 9.84 Å². The molecule has 2 unspecified atom stereocenters. The molecule has 0 bridgehead atoms. The number of hydrogen-bond acceptors (Lipinski definition) is 2. The smallest absolute Gasteiger partial charge is 0.0594 e. The van der Waals surface area contributed by atoms with E-state index in [-0.39, 0.29) is 11.5 Å². The molecule has 0 aromatic rings. The molecule has 1 saturated carbocycles. The molecular weight excluding hydrogens is 200 g/mol. The van der Waals surface area contributed by atoms with E-state index in [1.54, 1.807) is 0 Å². The molecule has 1 aliphatic carbocycles. The Kier molecular flexibility index (Phi) is 4.26. The van der Waals surface area contributed by atoms with Crippen molar-refractivity contribution in [1.82, 2.24) is 0 Å². The van der Waals surface area contributed by atoms with Gasteiger partial charge in [0.25, 0.3) is 0 Å². The van der Waals surface area contributed by atoms with Crippen LogP contribution in [0.15, 0.2) is 0 Å². The van der Waals surface area contributed by atoms with Gasteiger partial charge in [-0.15, -0.1) is 0 Å². The summed E-state index contributed by atoms with van der Waals surface area (Å²) in [6.07, 6.45) is 11.1. The topological polar surface area (TPSA) is 29.5 Å². The van der Waals surface area contributed by atoms with Crippen LogP contribution in [0.2, 0.25) is 0 Å². The maximum atomic E-state index is 10.3. The van der Waals surface area contributed by atoms with Crippen LogP contribution in [0.25, 0.3) is 0 Å². The monoisotopic (exact) mass is 226 g/mol. The summed E-state index contributed by atoms with van der Waals surface area (Å²) in [7, 11) is 0. The zero-order valence-corrected chi connectivity index (χ0v) is 10.6. The van der Waals surface area contributed by atoms with E-state index in [0.717, 1.165) is 19.4 Å². The lowest BCUT2D eigenvalue weighted by Crippen LogP contribution is -2.34. The Bertz CT molecular complexity index is 203. The van der Waals surface area contributed by atoms with Gasteiger partial charge >= 0.3 is 0 Å². The molecule has 2 rings (SSSR count). The predicted molar refractivity (Wildman–Crippen MR) is 65.4 cm³/mol. The molecule has 1 saturated heterocycles. The first kappa shape index (κ1) is 12.4. The normalized spacial score (nSPS) is 31.5. The van der Waals surface area contributed by atoms with Crippen LogP contribution in [0, 0.1) is 5.41 Å². The molecule has 0 radical (unpaired) electrons. The molecule has 2 atom stereocenters. The van der Waals surface area contributed by atoms with Crippen molar-refractivity contribution in [3.8, 4) is 0 Å². The predicted octanol–water partition coefficient (Wildman–Crippen LogP) is 3.28. The lowest BCUT2D eigenvalue weighted by atomic mass is 9.70. The lowest BCUT2D eigenvalue weighted by molar-refractivity contribution is -0.00761. The van der Waals surface area contributed by atoms with Gasteiger partial charge in [0.1, 0.15) is 0 Å². The average molecular weight is 226 g/mol. The molecule has 94 valence electrons. The molecule has 16 heavy (non-hydrogen) atoms. The quantitative estimate of drug-likeness (QED) is 0.797. The Hall–Kier alpha value is -0.0800. The first-order valence-electron chi connectivity index (χ1n) is 7.00. The highest BCUT2D eigenvalue weighted by molar-refractivity contribution is 4.85. The lowest BCUT2D eigenvalue weighted by Gasteiger charge is -2.38. The van der Waals surface area contributed by atoms with Gasteiger partial charge in [-0.2, -0.15) is 0 Å². The van der Waals surface area contributed by atoms with Crippen LogP contribution < -0.4 is 0 Å². The minimum absolute atomic E-state index is 0.114. The van der Waals surface area contributed by atoms with Gasteiger partial charge in [-0.1, -0.05) is 26.2 Å². The molecule has 2 nitrogen and oxygen atoms in total. The third-order valence-corrected chi connectivity index (χ3v) is 4.59. The summed E-state index contributed by atoms with van der Waals surface area (Å²) >= 11 is 0. The van der Waals surface area contributed by atoms with Crippen LogP contribution in [0.5, 0.6) is 0 Å². The van der Waals surface area contributed by atoms with Crippen molar-refractivity contribution in [3.63, 3.8) is 0 Å². The van der Waals surface area contributed by atoms with Crippen LogP contribution >= 0.6 is 0 Å². The van der Waals surface area contributed by atoms with Gasteiger partial charge in [-0.05, 0) is 43.9 Å². The Labute approximate surface area is 99.4 Å². The van der Waals surface area contributed by atoms with E-state index in [0.29, 0.717) is 6.10 Å². The van der Waals surface area contributed by atoms with Crippen LogP contribution in [0.4, 0.5) is 0 Å². The molecule has 2 fully saturated rings. The van der Waals surface area contributed by atoms with E-state index >= 15 is 0 Å². The maximum Gasteiger partial charge on any atom is 0.0594 e. The number of hydrogen-bond donors (Lipinski definition) is 1. The highest BCUT2D eigenvalue weighted by atomic mass is 16.5. The standard InChI is InChI=1S/C14H26O2/c1-14(9-3-2-4-10-14)13(15)8-7-12-6-5-11-16-12/h12-13,15H,2-11H2,1H3. The second-order valence-electron chi connectivity index (χ2n) is 5.94. The van der Waals surface area contributed by atoms with Crippen LogP contribution in [0.3, 0.4) is 0 Å². The second kappa shape index (κ2) is 5.50. The fourth-order valence-corrected chi connectivity index (χ4v) is 3.26. The molecule has 2 heteroatoms. The molecule has 0 amide bonds. The summed E-state index contributed by atoms with van der Waals surface area (Å²) in [5.41, 5.74) is 0.191. The molecule has 1 N–H and O–H groups in total. The van der Waals surface area contributed by atoms with Gasteiger partial charge in [0.2, 0.25) is 0 Å². The van der Waals surface area contributed by atoms with E-state index < -0.39 is 0 Å². The Morgan fingerprint density at radius 1 is 1.25 bits per heavy atom. The van der Waals surface area contributed by atoms with E-state index in [4.69, 9.17) is 4.74 Å². The molecule has 1 aliphatic heterocycles. The number of aliphatic hydroxyl groups is 1.